The summed E-state index contributed by atoms with van der Waals surface area (Å²) < 4.78 is 11.0. The van der Waals surface area contributed by atoms with E-state index in [1.807, 2.05) is 71.6 Å². The highest BCUT2D eigenvalue weighted by molar-refractivity contribution is 6.12. The minimum atomic E-state index is -0.444. The van der Waals surface area contributed by atoms with Crippen LogP contribution in [0.1, 0.15) is 22.1 Å². The number of fused-ring (bicyclic) bond motifs is 2. The summed E-state index contributed by atoms with van der Waals surface area (Å²) in [5, 5.41) is 4.67. The Labute approximate surface area is 203 Å². The number of methoxy groups -OCH3 is 1. The second-order valence-electron chi connectivity index (χ2n) is 8.66. The number of amides is 1. The van der Waals surface area contributed by atoms with Gasteiger partial charge in [-0.05, 0) is 48.5 Å². The van der Waals surface area contributed by atoms with Gasteiger partial charge < -0.3 is 19.7 Å². The second kappa shape index (κ2) is 8.92. The Morgan fingerprint density at radius 1 is 0.971 bits per heavy atom. The summed E-state index contributed by atoms with van der Waals surface area (Å²) in [5.41, 5.74) is 4.11. The van der Waals surface area contributed by atoms with Crippen LogP contribution in [0.2, 0.25) is 0 Å². The van der Waals surface area contributed by atoms with Gasteiger partial charge in [0, 0.05) is 35.4 Å². The number of para-hydroxylation sites is 2. The lowest BCUT2D eigenvalue weighted by molar-refractivity contribution is 0.0974. The number of carbonyl (C=O) groups excluding carboxylic acids is 1. The van der Waals surface area contributed by atoms with E-state index < -0.39 is 6.17 Å². The smallest absolute Gasteiger partial charge is 0.262 e. The topological polar surface area (TPSA) is 66.9 Å². The first-order chi connectivity index (χ1) is 17.2. The van der Waals surface area contributed by atoms with E-state index in [0.29, 0.717) is 18.8 Å². The fourth-order valence-electron chi connectivity index (χ4n) is 4.83. The van der Waals surface area contributed by atoms with Crippen molar-refractivity contribution in [3.8, 4) is 5.75 Å². The van der Waals surface area contributed by atoms with Gasteiger partial charge in [-0.1, -0.05) is 30.3 Å². The van der Waals surface area contributed by atoms with Gasteiger partial charge in [0.15, 0.2) is 0 Å². The predicted molar refractivity (Wildman–Crippen MR) is 137 cm³/mol. The van der Waals surface area contributed by atoms with Gasteiger partial charge >= 0.3 is 0 Å². The number of hydrogen-bond donors (Lipinski definition) is 1. The first-order valence-electron chi connectivity index (χ1n) is 11.8. The molecule has 7 nitrogen and oxygen atoms in total. The van der Waals surface area contributed by atoms with Crippen molar-refractivity contribution in [2.24, 2.45) is 0 Å². The van der Waals surface area contributed by atoms with Crippen molar-refractivity contribution < 1.29 is 14.3 Å². The molecule has 6 rings (SSSR count). The van der Waals surface area contributed by atoms with Crippen LogP contribution in [0, 0.1) is 0 Å². The van der Waals surface area contributed by atoms with Crippen molar-refractivity contribution in [2.45, 2.75) is 6.17 Å². The molecular weight excluding hydrogens is 440 g/mol. The lowest BCUT2D eigenvalue weighted by Crippen LogP contribution is -2.45. The molecule has 0 radical (unpaired) electrons. The third-order valence-electron chi connectivity index (χ3n) is 6.61. The molecule has 2 aliphatic heterocycles. The fraction of sp³-hybridized carbons (Fsp3) is 0.214. The Morgan fingerprint density at radius 3 is 2.51 bits per heavy atom. The number of aromatic nitrogens is 1. The molecule has 0 spiro atoms. The highest BCUT2D eigenvalue weighted by atomic mass is 16.5. The van der Waals surface area contributed by atoms with Gasteiger partial charge in [-0.15, -0.1) is 0 Å². The summed E-state index contributed by atoms with van der Waals surface area (Å²) in [4.78, 5) is 23.1. The third kappa shape index (κ3) is 3.84. The zero-order valence-electron chi connectivity index (χ0n) is 19.5. The van der Waals surface area contributed by atoms with E-state index >= 15 is 0 Å². The Hall–Kier alpha value is -4.10. The van der Waals surface area contributed by atoms with Crippen LogP contribution in [-0.2, 0) is 4.74 Å². The minimum absolute atomic E-state index is 0.0596. The quantitative estimate of drug-likeness (QED) is 0.464. The summed E-state index contributed by atoms with van der Waals surface area (Å²) >= 11 is 0. The van der Waals surface area contributed by atoms with Crippen LogP contribution in [0.4, 0.5) is 17.2 Å². The maximum atomic E-state index is 13.9. The molecule has 3 heterocycles. The van der Waals surface area contributed by atoms with Crippen LogP contribution < -0.4 is 19.9 Å². The Balaban J connectivity index is 1.55. The standard InChI is InChI=1S/C28H26N4O3/c1-34-21-12-10-20(11-13-21)32-27(30-25-9-5-3-7-22(25)28(32)33)23-18-19-6-2-4-8-24(19)29-26(23)31-14-16-35-17-15-31/h2-13,18,27,30H,14-17H2,1H3/t27-/m1/s1. The average Bonchev–Trinajstić information content (AvgIpc) is 2.93. The molecule has 0 unspecified atom stereocenters. The molecule has 2 aliphatic rings. The molecule has 1 N–H and O–H groups in total. The monoisotopic (exact) mass is 466 g/mol. The van der Waals surface area contributed by atoms with Crippen molar-refractivity contribution >= 4 is 34.0 Å². The van der Waals surface area contributed by atoms with Crippen molar-refractivity contribution in [2.75, 3.05) is 48.5 Å². The number of carbonyl (C=O) groups is 1. The summed E-state index contributed by atoms with van der Waals surface area (Å²) in [6.45, 7) is 2.79. The molecule has 7 heteroatoms. The molecule has 1 atom stereocenters. The summed E-state index contributed by atoms with van der Waals surface area (Å²) in [6, 6.07) is 25.5. The van der Waals surface area contributed by atoms with E-state index in [1.165, 1.54) is 0 Å². The predicted octanol–water partition coefficient (Wildman–Crippen LogP) is 4.85. The molecule has 1 fully saturated rings. The number of anilines is 3. The van der Waals surface area contributed by atoms with Gasteiger partial charge in [0.1, 0.15) is 17.7 Å². The normalized spacial score (nSPS) is 17.7. The number of benzene rings is 3. The number of ether oxygens (including phenoxy) is 2. The number of hydrogen-bond acceptors (Lipinski definition) is 6. The Kier molecular flexibility index (Phi) is 5.47. The molecular formula is C28H26N4O3. The van der Waals surface area contributed by atoms with E-state index in [1.54, 1.807) is 7.11 Å². The van der Waals surface area contributed by atoms with Gasteiger partial charge in [-0.3, -0.25) is 9.69 Å². The second-order valence-corrected chi connectivity index (χ2v) is 8.66. The number of rotatable bonds is 4. The van der Waals surface area contributed by atoms with Crippen LogP contribution in [0.25, 0.3) is 10.9 Å². The van der Waals surface area contributed by atoms with Gasteiger partial charge in [-0.2, -0.15) is 0 Å². The highest BCUT2D eigenvalue weighted by Gasteiger charge is 2.36. The van der Waals surface area contributed by atoms with E-state index in [2.05, 4.69) is 22.3 Å². The van der Waals surface area contributed by atoms with Gasteiger partial charge in [0.2, 0.25) is 0 Å². The zero-order chi connectivity index (χ0) is 23.8. The fourth-order valence-corrected chi connectivity index (χ4v) is 4.83. The van der Waals surface area contributed by atoms with Crippen LogP contribution in [0.3, 0.4) is 0 Å². The third-order valence-corrected chi connectivity index (χ3v) is 6.61. The van der Waals surface area contributed by atoms with Crippen molar-refractivity contribution in [1.29, 1.82) is 0 Å². The number of nitrogens with zero attached hydrogens (tertiary/aromatic N) is 3. The lowest BCUT2D eigenvalue weighted by Gasteiger charge is -2.40. The van der Waals surface area contributed by atoms with Crippen LogP contribution in [0.5, 0.6) is 5.75 Å². The first kappa shape index (κ1) is 21.4. The molecule has 176 valence electrons. The van der Waals surface area contributed by atoms with E-state index in [4.69, 9.17) is 14.5 Å². The van der Waals surface area contributed by atoms with E-state index in [9.17, 15) is 4.79 Å². The molecule has 0 saturated carbocycles. The van der Waals surface area contributed by atoms with Gasteiger partial charge in [-0.25, -0.2) is 4.98 Å². The maximum absolute atomic E-state index is 13.9. The highest BCUT2D eigenvalue weighted by Crippen LogP contribution is 2.40. The molecule has 3 aromatic carbocycles. The van der Waals surface area contributed by atoms with Crippen LogP contribution >= 0.6 is 0 Å². The molecule has 35 heavy (non-hydrogen) atoms. The molecule has 1 aromatic heterocycles. The molecule has 1 saturated heterocycles. The number of nitrogens with one attached hydrogen (secondary N) is 1. The molecule has 1 amide bonds. The lowest BCUT2D eigenvalue weighted by atomic mass is 10.0. The number of pyridine rings is 1. The summed E-state index contributed by atoms with van der Waals surface area (Å²) in [6.07, 6.45) is -0.444. The maximum Gasteiger partial charge on any atom is 0.262 e. The largest absolute Gasteiger partial charge is 0.497 e. The van der Waals surface area contributed by atoms with Crippen molar-refractivity contribution in [1.82, 2.24) is 4.98 Å². The van der Waals surface area contributed by atoms with Gasteiger partial charge in [0.05, 0.1) is 31.4 Å². The van der Waals surface area contributed by atoms with E-state index in [0.717, 1.165) is 52.5 Å². The zero-order valence-corrected chi connectivity index (χ0v) is 19.5. The van der Waals surface area contributed by atoms with E-state index in [-0.39, 0.29) is 5.91 Å². The molecule has 0 bridgehead atoms. The summed E-state index contributed by atoms with van der Waals surface area (Å²) in [7, 11) is 1.64. The number of morpholine rings is 1. The van der Waals surface area contributed by atoms with Crippen LogP contribution in [-0.4, -0.2) is 44.3 Å². The SMILES string of the molecule is COc1ccc(N2C(=O)c3ccccc3N[C@H]2c2cc3ccccc3nc2N2CCOCC2)cc1. The Morgan fingerprint density at radius 2 is 1.71 bits per heavy atom. The minimum Gasteiger partial charge on any atom is -0.497 e. The van der Waals surface area contributed by atoms with Crippen molar-refractivity contribution in [3.63, 3.8) is 0 Å². The summed E-state index contributed by atoms with van der Waals surface area (Å²) in [5.74, 6) is 1.55. The van der Waals surface area contributed by atoms with Gasteiger partial charge in [0.25, 0.3) is 5.91 Å². The van der Waals surface area contributed by atoms with Crippen LogP contribution in [0.15, 0.2) is 78.9 Å². The Bertz CT molecular complexity index is 1380. The average molecular weight is 467 g/mol. The van der Waals surface area contributed by atoms with Crippen molar-refractivity contribution in [3.05, 3.63) is 90.0 Å². The first-order valence-corrected chi connectivity index (χ1v) is 11.8. The molecule has 0 aliphatic carbocycles. The molecule has 4 aromatic rings.